The van der Waals surface area contributed by atoms with Crippen molar-refractivity contribution in [3.8, 4) is 22.3 Å². The van der Waals surface area contributed by atoms with Gasteiger partial charge in [0.05, 0.1) is 16.8 Å². The molecule has 11 aromatic rings. The smallest absolute Gasteiger partial charge is 0.145 e. The molecule has 53 heavy (non-hydrogen) atoms. The molecule has 0 saturated carbocycles. The fourth-order valence-corrected chi connectivity index (χ4v) is 8.27. The first-order chi connectivity index (χ1) is 26.3. The van der Waals surface area contributed by atoms with Gasteiger partial charge in [0.1, 0.15) is 22.3 Å². The topological polar surface area (TPSA) is 29.5 Å². The van der Waals surface area contributed by atoms with E-state index in [0.717, 1.165) is 83.2 Å². The molecule has 0 atom stereocenters. The van der Waals surface area contributed by atoms with E-state index in [0.29, 0.717) is 0 Å². The van der Waals surface area contributed by atoms with E-state index in [1.165, 1.54) is 21.5 Å². The first-order valence-electron chi connectivity index (χ1n) is 18.0. The van der Waals surface area contributed by atoms with Gasteiger partial charge in [-0.25, -0.2) is 0 Å². The van der Waals surface area contributed by atoms with E-state index in [9.17, 15) is 0 Å². The van der Waals surface area contributed by atoms with Crippen molar-refractivity contribution in [2.75, 3.05) is 4.90 Å². The molecule has 0 amide bonds. The first kappa shape index (κ1) is 29.6. The van der Waals surface area contributed by atoms with Crippen LogP contribution in [0.25, 0.3) is 87.7 Å². The number of nitrogens with zero attached hydrogens (tertiary/aromatic N) is 1. The Hall–Kier alpha value is -7.10. The van der Waals surface area contributed by atoms with E-state index in [2.05, 4.69) is 175 Å². The third-order valence-corrected chi connectivity index (χ3v) is 10.7. The molecule has 9 aromatic carbocycles. The molecule has 0 N–H and O–H groups in total. The minimum Gasteiger partial charge on any atom is -0.456 e. The van der Waals surface area contributed by atoms with Crippen LogP contribution in [-0.2, 0) is 0 Å². The summed E-state index contributed by atoms with van der Waals surface area (Å²) in [7, 11) is 0. The molecular formula is C50H31NO2. The second-order valence-corrected chi connectivity index (χ2v) is 13.6. The number of para-hydroxylation sites is 2. The minimum atomic E-state index is 0.867. The zero-order valence-electron chi connectivity index (χ0n) is 28.7. The second kappa shape index (κ2) is 11.7. The normalized spacial score (nSPS) is 11.8. The number of hydrogen-bond acceptors (Lipinski definition) is 3. The van der Waals surface area contributed by atoms with Crippen LogP contribution >= 0.6 is 0 Å². The molecule has 0 fully saturated rings. The molecule has 2 aromatic heterocycles. The second-order valence-electron chi connectivity index (χ2n) is 13.6. The highest BCUT2D eigenvalue weighted by Gasteiger charge is 2.24. The Kier molecular flexibility index (Phi) is 6.55. The maximum Gasteiger partial charge on any atom is 0.145 e. The number of fused-ring (bicyclic) bond motifs is 9. The summed E-state index contributed by atoms with van der Waals surface area (Å²) in [6, 6.07) is 66.7. The molecule has 0 unspecified atom stereocenters. The van der Waals surface area contributed by atoms with Crippen LogP contribution in [0.5, 0.6) is 0 Å². The number of hydrogen-bond donors (Lipinski definition) is 0. The van der Waals surface area contributed by atoms with Crippen LogP contribution in [0, 0.1) is 0 Å². The first-order valence-corrected chi connectivity index (χ1v) is 18.0. The van der Waals surface area contributed by atoms with Gasteiger partial charge in [0.2, 0.25) is 0 Å². The van der Waals surface area contributed by atoms with Gasteiger partial charge in [-0.05, 0) is 81.4 Å². The standard InChI is InChI=1S/C50H31NO2/c1-2-12-32(13-3-1)38-30-31-44(49-42-17-7-9-22-46(42)53-50(38)49)51(43-20-10-19-39-36-15-5-4-14-33(36)26-29-40(39)43)35-27-24-34(25-28-35)37-18-11-23-47-48(37)41-16-6-8-21-45(41)52-47/h1-31H. The van der Waals surface area contributed by atoms with Gasteiger partial charge in [-0.2, -0.15) is 0 Å². The average Bonchev–Trinajstić information content (AvgIpc) is 3.81. The highest BCUT2D eigenvalue weighted by molar-refractivity contribution is 6.19. The molecule has 0 saturated heterocycles. The van der Waals surface area contributed by atoms with Crippen molar-refractivity contribution in [3.05, 3.63) is 188 Å². The van der Waals surface area contributed by atoms with Gasteiger partial charge in [0, 0.05) is 32.8 Å². The lowest BCUT2D eigenvalue weighted by molar-refractivity contribution is 0.669. The van der Waals surface area contributed by atoms with Crippen molar-refractivity contribution in [2.24, 2.45) is 0 Å². The molecular weight excluding hydrogens is 647 g/mol. The van der Waals surface area contributed by atoms with Crippen molar-refractivity contribution in [3.63, 3.8) is 0 Å². The molecule has 0 aliphatic carbocycles. The third kappa shape index (κ3) is 4.61. The van der Waals surface area contributed by atoms with Crippen LogP contribution in [0.1, 0.15) is 0 Å². The number of rotatable bonds is 5. The van der Waals surface area contributed by atoms with Crippen LogP contribution in [0.2, 0.25) is 0 Å². The summed E-state index contributed by atoms with van der Waals surface area (Å²) >= 11 is 0. The van der Waals surface area contributed by atoms with Gasteiger partial charge < -0.3 is 13.7 Å². The van der Waals surface area contributed by atoms with Crippen LogP contribution in [0.4, 0.5) is 17.1 Å². The molecule has 0 aliphatic heterocycles. The fourth-order valence-electron chi connectivity index (χ4n) is 8.27. The fraction of sp³-hybridized carbons (Fsp3) is 0. The Morgan fingerprint density at radius 3 is 1.79 bits per heavy atom. The Morgan fingerprint density at radius 1 is 0.321 bits per heavy atom. The average molecular weight is 678 g/mol. The highest BCUT2D eigenvalue weighted by Crippen LogP contribution is 2.48. The molecule has 3 nitrogen and oxygen atoms in total. The van der Waals surface area contributed by atoms with Gasteiger partial charge in [0.15, 0.2) is 0 Å². The number of anilines is 3. The number of furan rings is 2. The molecule has 0 aliphatic rings. The van der Waals surface area contributed by atoms with E-state index in [4.69, 9.17) is 8.83 Å². The molecule has 248 valence electrons. The molecule has 0 bridgehead atoms. The van der Waals surface area contributed by atoms with E-state index in [1.54, 1.807) is 0 Å². The minimum absolute atomic E-state index is 0.867. The van der Waals surface area contributed by atoms with Crippen molar-refractivity contribution in [2.45, 2.75) is 0 Å². The summed E-state index contributed by atoms with van der Waals surface area (Å²) in [5.74, 6) is 0. The Bertz CT molecular complexity index is 3170. The van der Waals surface area contributed by atoms with Crippen LogP contribution in [0.3, 0.4) is 0 Å². The Balaban J connectivity index is 1.18. The van der Waals surface area contributed by atoms with Crippen LogP contribution in [-0.4, -0.2) is 0 Å². The Morgan fingerprint density at radius 2 is 0.962 bits per heavy atom. The highest BCUT2D eigenvalue weighted by atomic mass is 16.3. The van der Waals surface area contributed by atoms with Crippen molar-refractivity contribution in [1.29, 1.82) is 0 Å². The van der Waals surface area contributed by atoms with Crippen LogP contribution < -0.4 is 4.90 Å². The van der Waals surface area contributed by atoms with Gasteiger partial charge >= 0.3 is 0 Å². The lowest BCUT2D eigenvalue weighted by Gasteiger charge is -2.28. The van der Waals surface area contributed by atoms with Gasteiger partial charge in [-0.3, -0.25) is 0 Å². The quantitative estimate of drug-likeness (QED) is 0.170. The summed E-state index contributed by atoms with van der Waals surface area (Å²) in [5.41, 5.74) is 11.2. The predicted molar refractivity (Wildman–Crippen MR) is 222 cm³/mol. The SMILES string of the molecule is c1ccc(-c2ccc(N(c3ccc(-c4cccc5oc6ccccc6c45)cc3)c3cccc4c3ccc3ccccc34)c3c2oc2ccccc23)cc1. The predicted octanol–water partition coefficient (Wildman–Crippen LogP) is 14.6. The summed E-state index contributed by atoms with van der Waals surface area (Å²) in [6.45, 7) is 0. The van der Waals surface area contributed by atoms with Gasteiger partial charge in [0.25, 0.3) is 0 Å². The van der Waals surface area contributed by atoms with Crippen LogP contribution in [0.15, 0.2) is 197 Å². The van der Waals surface area contributed by atoms with E-state index in [-0.39, 0.29) is 0 Å². The monoisotopic (exact) mass is 677 g/mol. The third-order valence-electron chi connectivity index (χ3n) is 10.7. The van der Waals surface area contributed by atoms with Crippen molar-refractivity contribution >= 4 is 82.5 Å². The largest absolute Gasteiger partial charge is 0.456 e. The zero-order chi connectivity index (χ0) is 34.9. The number of benzene rings is 9. The van der Waals surface area contributed by atoms with Gasteiger partial charge in [-0.15, -0.1) is 0 Å². The maximum atomic E-state index is 6.76. The summed E-state index contributed by atoms with van der Waals surface area (Å²) < 4.78 is 13.0. The van der Waals surface area contributed by atoms with E-state index < -0.39 is 0 Å². The van der Waals surface area contributed by atoms with Crippen molar-refractivity contribution in [1.82, 2.24) is 0 Å². The zero-order valence-corrected chi connectivity index (χ0v) is 28.7. The Labute approximate surface area is 305 Å². The molecule has 2 heterocycles. The van der Waals surface area contributed by atoms with E-state index >= 15 is 0 Å². The summed E-state index contributed by atoms with van der Waals surface area (Å²) in [5, 5.41) is 9.29. The summed E-state index contributed by atoms with van der Waals surface area (Å²) in [4.78, 5) is 2.41. The lowest BCUT2D eigenvalue weighted by Crippen LogP contribution is -2.11. The maximum absolute atomic E-state index is 6.76. The van der Waals surface area contributed by atoms with Crippen molar-refractivity contribution < 1.29 is 8.83 Å². The lowest BCUT2D eigenvalue weighted by atomic mass is 9.97. The molecule has 0 spiro atoms. The summed E-state index contributed by atoms with van der Waals surface area (Å²) in [6.07, 6.45) is 0. The molecule has 11 rings (SSSR count). The molecule has 0 radical (unpaired) electrons. The molecule has 3 heteroatoms. The van der Waals surface area contributed by atoms with Gasteiger partial charge in [-0.1, -0.05) is 140 Å². The van der Waals surface area contributed by atoms with E-state index in [1.807, 2.05) is 18.2 Å².